The van der Waals surface area contributed by atoms with Gasteiger partial charge in [0.1, 0.15) is 0 Å². The number of rotatable bonds is 4. The second-order valence-electron chi connectivity index (χ2n) is 5.02. The van der Waals surface area contributed by atoms with E-state index in [0.29, 0.717) is 4.88 Å². The maximum atomic E-state index is 12.3. The Morgan fingerprint density at radius 2 is 1.87 bits per heavy atom. The summed E-state index contributed by atoms with van der Waals surface area (Å²) in [6, 6.07) is 6.90. The van der Waals surface area contributed by atoms with Gasteiger partial charge in [0.05, 0.1) is 27.5 Å². The summed E-state index contributed by atoms with van der Waals surface area (Å²) in [6.45, 7) is 1.47. The van der Waals surface area contributed by atoms with E-state index in [0.717, 1.165) is 21.9 Å². The molecule has 1 aromatic carbocycles. The minimum Gasteiger partial charge on any atom is -0.291 e. The molecule has 1 aliphatic heterocycles. The van der Waals surface area contributed by atoms with E-state index in [1.807, 2.05) is 6.92 Å². The standard InChI is InChI=1S/C15H10N2O5S/c1-8-2-5-13(23-8)12(18)7-16-14(19)10-4-3-9(17(21)22)6-11(10)15(16)20/h2-6H,7H2,1H3. The number of amides is 2. The van der Waals surface area contributed by atoms with Crippen molar-refractivity contribution in [1.82, 2.24) is 4.90 Å². The van der Waals surface area contributed by atoms with Crippen LogP contribution in [-0.2, 0) is 0 Å². The number of aryl methyl sites for hydroxylation is 1. The van der Waals surface area contributed by atoms with Gasteiger partial charge < -0.3 is 0 Å². The lowest BCUT2D eigenvalue weighted by Gasteiger charge is -2.11. The largest absolute Gasteiger partial charge is 0.291 e. The second-order valence-corrected chi connectivity index (χ2v) is 6.30. The number of nitro benzene ring substituents is 1. The molecule has 0 fully saturated rings. The fourth-order valence-corrected chi connectivity index (χ4v) is 3.14. The lowest BCUT2D eigenvalue weighted by Crippen LogP contribution is -2.34. The van der Waals surface area contributed by atoms with Gasteiger partial charge in [-0.05, 0) is 25.1 Å². The molecule has 0 atom stereocenters. The van der Waals surface area contributed by atoms with Crippen LogP contribution in [0.1, 0.15) is 35.3 Å². The van der Waals surface area contributed by atoms with Crippen molar-refractivity contribution in [2.75, 3.05) is 6.54 Å². The molecule has 2 aromatic rings. The summed E-state index contributed by atoms with van der Waals surface area (Å²) in [5, 5.41) is 10.8. The summed E-state index contributed by atoms with van der Waals surface area (Å²) in [4.78, 5) is 49.1. The third kappa shape index (κ3) is 2.53. The third-order valence-corrected chi connectivity index (χ3v) is 4.52. The van der Waals surface area contributed by atoms with E-state index in [1.54, 1.807) is 12.1 Å². The van der Waals surface area contributed by atoms with Crippen LogP contribution < -0.4 is 0 Å². The summed E-state index contributed by atoms with van der Waals surface area (Å²) in [6.07, 6.45) is 0. The minimum atomic E-state index is -0.685. The van der Waals surface area contributed by atoms with Crippen LogP contribution >= 0.6 is 11.3 Å². The van der Waals surface area contributed by atoms with Gasteiger partial charge in [-0.1, -0.05) is 0 Å². The van der Waals surface area contributed by atoms with Crippen LogP contribution in [0, 0.1) is 17.0 Å². The van der Waals surface area contributed by atoms with Crippen LogP contribution in [0.2, 0.25) is 0 Å². The maximum Gasteiger partial charge on any atom is 0.270 e. The van der Waals surface area contributed by atoms with Crippen LogP contribution in [0.15, 0.2) is 30.3 Å². The molecular formula is C15H10N2O5S. The van der Waals surface area contributed by atoms with E-state index in [9.17, 15) is 24.5 Å². The number of thiophene rings is 1. The molecule has 2 heterocycles. The average Bonchev–Trinajstić information content (AvgIpc) is 3.05. The normalized spacial score (nSPS) is 13.3. The molecule has 0 N–H and O–H groups in total. The second kappa shape index (κ2) is 5.40. The molecule has 3 rings (SSSR count). The molecule has 7 nitrogen and oxygen atoms in total. The number of hydrogen-bond donors (Lipinski definition) is 0. The molecule has 23 heavy (non-hydrogen) atoms. The number of Topliss-reactive ketones (excluding diaryl/α,β-unsaturated/α-hetero) is 1. The first-order chi connectivity index (χ1) is 10.9. The van der Waals surface area contributed by atoms with Crippen LogP contribution in [0.25, 0.3) is 0 Å². The Bertz CT molecular complexity index is 871. The van der Waals surface area contributed by atoms with Gasteiger partial charge >= 0.3 is 0 Å². The fourth-order valence-electron chi connectivity index (χ4n) is 2.34. The summed E-state index contributed by atoms with van der Waals surface area (Å²) < 4.78 is 0. The van der Waals surface area contributed by atoms with Crippen molar-refractivity contribution < 1.29 is 19.3 Å². The summed E-state index contributed by atoms with van der Waals surface area (Å²) in [7, 11) is 0. The van der Waals surface area contributed by atoms with E-state index in [2.05, 4.69) is 0 Å². The molecule has 0 saturated carbocycles. The van der Waals surface area contributed by atoms with Crippen molar-refractivity contribution >= 4 is 34.6 Å². The number of carbonyl (C=O) groups excluding carboxylic acids is 3. The molecule has 2 amide bonds. The molecule has 0 radical (unpaired) electrons. The van der Waals surface area contributed by atoms with Gasteiger partial charge in [-0.15, -0.1) is 11.3 Å². The Balaban J connectivity index is 1.88. The zero-order valence-corrected chi connectivity index (χ0v) is 12.8. The molecular weight excluding hydrogens is 320 g/mol. The number of fused-ring (bicyclic) bond motifs is 1. The van der Waals surface area contributed by atoms with E-state index in [1.165, 1.54) is 17.4 Å². The van der Waals surface area contributed by atoms with Crippen LogP contribution in [0.3, 0.4) is 0 Å². The highest BCUT2D eigenvalue weighted by atomic mass is 32.1. The molecule has 0 bridgehead atoms. The molecule has 0 unspecified atom stereocenters. The van der Waals surface area contributed by atoms with Gasteiger partial charge in [0.25, 0.3) is 17.5 Å². The maximum absolute atomic E-state index is 12.3. The number of benzene rings is 1. The Kier molecular flexibility index (Phi) is 3.53. The number of ketones is 1. The van der Waals surface area contributed by atoms with Crippen molar-refractivity contribution in [2.24, 2.45) is 0 Å². The Morgan fingerprint density at radius 3 is 2.48 bits per heavy atom. The number of imide groups is 1. The highest BCUT2D eigenvalue weighted by Gasteiger charge is 2.38. The van der Waals surface area contributed by atoms with Crippen molar-refractivity contribution in [3.05, 3.63) is 61.3 Å². The first kappa shape index (κ1) is 15.0. The van der Waals surface area contributed by atoms with Gasteiger partial charge in [0.2, 0.25) is 0 Å². The lowest BCUT2D eigenvalue weighted by atomic mass is 10.1. The van der Waals surface area contributed by atoms with Crippen molar-refractivity contribution in [1.29, 1.82) is 0 Å². The number of carbonyl (C=O) groups is 3. The predicted molar refractivity (Wildman–Crippen MR) is 81.8 cm³/mol. The van der Waals surface area contributed by atoms with Gasteiger partial charge in [-0.2, -0.15) is 0 Å². The number of nitro groups is 1. The molecule has 1 aliphatic rings. The summed E-state index contributed by atoms with van der Waals surface area (Å²) >= 11 is 1.28. The van der Waals surface area contributed by atoms with E-state index >= 15 is 0 Å². The monoisotopic (exact) mass is 330 g/mol. The van der Waals surface area contributed by atoms with E-state index < -0.39 is 16.7 Å². The predicted octanol–water partition coefficient (Wildman–Crippen LogP) is 2.44. The average molecular weight is 330 g/mol. The van der Waals surface area contributed by atoms with Crippen LogP contribution in [-0.4, -0.2) is 34.0 Å². The molecule has 1 aromatic heterocycles. The number of hydrogen-bond acceptors (Lipinski definition) is 6. The van der Waals surface area contributed by atoms with Crippen LogP contribution in [0.5, 0.6) is 0 Å². The lowest BCUT2D eigenvalue weighted by molar-refractivity contribution is -0.384. The zero-order valence-electron chi connectivity index (χ0n) is 11.9. The molecule has 0 spiro atoms. The van der Waals surface area contributed by atoms with Gasteiger partial charge in [-0.25, -0.2) is 0 Å². The fraction of sp³-hybridized carbons (Fsp3) is 0.133. The Hall–Kier alpha value is -2.87. The molecule has 0 saturated heterocycles. The quantitative estimate of drug-likeness (QED) is 0.371. The summed E-state index contributed by atoms with van der Waals surface area (Å²) in [5.41, 5.74) is -0.234. The zero-order chi connectivity index (χ0) is 16.7. The smallest absolute Gasteiger partial charge is 0.270 e. The molecule has 116 valence electrons. The number of nitrogens with zero attached hydrogens (tertiary/aromatic N) is 2. The highest BCUT2D eigenvalue weighted by molar-refractivity contribution is 7.14. The van der Waals surface area contributed by atoms with Crippen LogP contribution in [0.4, 0.5) is 5.69 Å². The summed E-state index contributed by atoms with van der Waals surface area (Å²) in [5.74, 6) is -1.64. The van der Waals surface area contributed by atoms with Gasteiger partial charge in [-0.3, -0.25) is 29.4 Å². The van der Waals surface area contributed by atoms with E-state index in [4.69, 9.17) is 0 Å². The first-order valence-electron chi connectivity index (χ1n) is 6.63. The van der Waals surface area contributed by atoms with Crippen molar-refractivity contribution in [3.63, 3.8) is 0 Å². The molecule has 8 heteroatoms. The first-order valence-corrected chi connectivity index (χ1v) is 7.44. The van der Waals surface area contributed by atoms with Crippen molar-refractivity contribution in [3.8, 4) is 0 Å². The Labute approximate surface area is 134 Å². The Morgan fingerprint density at radius 1 is 1.17 bits per heavy atom. The highest BCUT2D eigenvalue weighted by Crippen LogP contribution is 2.27. The topological polar surface area (TPSA) is 97.6 Å². The number of non-ortho nitro benzene ring substituents is 1. The molecule has 0 aliphatic carbocycles. The SMILES string of the molecule is Cc1ccc(C(=O)CN2C(=O)c3ccc([N+](=O)[O-])cc3C2=O)s1. The van der Waals surface area contributed by atoms with Gasteiger partial charge in [0.15, 0.2) is 5.78 Å². The van der Waals surface area contributed by atoms with Crippen molar-refractivity contribution in [2.45, 2.75) is 6.92 Å². The minimum absolute atomic E-state index is 0.0423. The van der Waals surface area contributed by atoms with E-state index in [-0.39, 0.29) is 29.1 Å². The third-order valence-electron chi connectivity index (χ3n) is 3.48. The van der Waals surface area contributed by atoms with Gasteiger partial charge in [0, 0.05) is 17.0 Å².